The molecule has 0 N–H and O–H groups in total. The van der Waals surface area contributed by atoms with Gasteiger partial charge in [0.25, 0.3) is 11.8 Å². The summed E-state index contributed by atoms with van der Waals surface area (Å²) in [4.78, 5) is 26.9. The molecule has 1 saturated heterocycles. The minimum absolute atomic E-state index is 0.306. The Kier molecular flexibility index (Phi) is 4.68. The van der Waals surface area contributed by atoms with Crippen LogP contribution in [0.5, 0.6) is 11.5 Å². The molecule has 2 aliphatic heterocycles. The highest BCUT2D eigenvalue weighted by Gasteiger charge is 2.54. The summed E-state index contributed by atoms with van der Waals surface area (Å²) in [7, 11) is 3.18. The standard InChI is InChI=1S/C20H20N4O4/c1-27-15-7-3-13(4-8-15)11-12-23-18-17(21-22-23)19(25)24(20(18)26)14-5-9-16(28-2)10-6-14/h3-10,17-18H,11-12H2,1-2H3/t17-,18-/m0/s1. The van der Waals surface area contributed by atoms with Crippen molar-refractivity contribution >= 4 is 17.5 Å². The average Bonchev–Trinajstić information content (AvgIpc) is 3.26. The summed E-state index contributed by atoms with van der Waals surface area (Å²) < 4.78 is 10.3. The molecule has 0 radical (unpaired) electrons. The highest BCUT2D eigenvalue weighted by atomic mass is 16.5. The van der Waals surface area contributed by atoms with Crippen molar-refractivity contribution < 1.29 is 19.1 Å². The van der Waals surface area contributed by atoms with Crippen molar-refractivity contribution in [2.75, 3.05) is 25.7 Å². The van der Waals surface area contributed by atoms with Crippen LogP contribution >= 0.6 is 0 Å². The summed E-state index contributed by atoms with van der Waals surface area (Å²) in [6.45, 7) is 0.493. The van der Waals surface area contributed by atoms with Gasteiger partial charge in [-0.05, 0) is 48.4 Å². The third-order valence-electron chi connectivity index (χ3n) is 4.98. The molecule has 4 rings (SSSR count). The monoisotopic (exact) mass is 380 g/mol. The summed E-state index contributed by atoms with van der Waals surface area (Å²) in [5.41, 5.74) is 1.60. The predicted octanol–water partition coefficient (Wildman–Crippen LogP) is 2.24. The largest absolute Gasteiger partial charge is 0.497 e. The first-order valence-electron chi connectivity index (χ1n) is 8.94. The number of fused-ring (bicyclic) bond motifs is 1. The third kappa shape index (κ3) is 3.06. The Labute approximate surface area is 162 Å². The van der Waals surface area contributed by atoms with Gasteiger partial charge in [-0.3, -0.25) is 14.6 Å². The van der Waals surface area contributed by atoms with E-state index in [9.17, 15) is 9.59 Å². The Balaban J connectivity index is 1.47. The molecule has 144 valence electrons. The van der Waals surface area contributed by atoms with Crippen LogP contribution in [0.1, 0.15) is 5.56 Å². The predicted molar refractivity (Wildman–Crippen MR) is 101 cm³/mol. The van der Waals surface area contributed by atoms with Gasteiger partial charge in [-0.2, -0.15) is 5.11 Å². The molecule has 0 aromatic heterocycles. The van der Waals surface area contributed by atoms with Gasteiger partial charge in [0.2, 0.25) is 0 Å². The number of benzene rings is 2. The molecule has 0 saturated carbocycles. The SMILES string of the molecule is COc1ccc(CCN2N=N[C@@H]3C(=O)N(c4ccc(OC)cc4)C(=O)[C@H]32)cc1. The van der Waals surface area contributed by atoms with E-state index in [1.165, 1.54) is 4.90 Å². The number of imide groups is 1. The number of carbonyl (C=O) groups excluding carboxylic acids is 2. The summed E-state index contributed by atoms with van der Waals surface area (Å²) in [6.07, 6.45) is 0.677. The Hall–Kier alpha value is -3.42. The number of rotatable bonds is 6. The molecule has 2 aromatic carbocycles. The third-order valence-corrected chi connectivity index (χ3v) is 4.98. The van der Waals surface area contributed by atoms with E-state index in [-0.39, 0.29) is 11.8 Å². The van der Waals surface area contributed by atoms with Crippen LogP contribution in [0, 0.1) is 0 Å². The van der Waals surface area contributed by atoms with Gasteiger partial charge in [-0.15, -0.1) is 0 Å². The van der Waals surface area contributed by atoms with Crippen LogP contribution in [-0.2, 0) is 16.0 Å². The lowest BCUT2D eigenvalue weighted by Gasteiger charge is -2.20. The van der Waals surface area contributed by atoms with E-state index in [0.717, 1.165) is 11.3 Å². The van der Waals surface area contributed by atoms with E-state index >= 15 is 0 Å². The average molecular weight is 380 g/mol. The minimum atomic E-state index is -0.787. The van der Waals surface area contributed by atoms with E-state index in [1.54, 1.807) is 43.5 Å². The maximum atomic E-state index is 13.0. The Morgan fingerprint density at radius 2 is 1.50 bits per heavy atom. The van der Waals surface area contributed by atoms with E-state index in [0.29, 0.717) is 24.4 Å². The first-order valence-corrected chi connectivity index (χ1v) is 8.94. The molecule has 2 amide bonds. The van der Waals surface area contributed by atoms with Gasteiger partial charge in [0, 0.05) is 6.54 Å². The molecule has 2 atom stereocenters. The number of anilines is 1. The van der Waals surface area contributed by atoms with E-state index in [4.69, 9.17) is 9.47 Å². The summed E-state index contributed by atoms with van der Waals surface area (Å²) in [5.74, 6) is 0.788. The minimum Gasteiger partial charge on any atom is -0.497 e. The van der Waals surface area contributed by atoms with Crippen molar-refractivity contribution in [2.24, 2.45) is 10.3 Å². The highest BCUT2D eigenvalue weighted by Crippen LogP contribution is 2.32. The van der Waals surface area contributed by atoms with Crippen molar-refractivity contribution in [1.29, 1.82) is 0 Å². The fourth-order valence-corrected chi connectivity index (χ4v) is 3.43. The van der Waals surface area contributed by atoms with Crippen molar-refractivity contribution in [3.05, 3.63) is 54.1 Å². The zero-order valence-corrected chi connectivity index (χ0v) is 15.6. The molecule has 2 aliphatic rings. The first-order chi connectivity index (χ1) is 13.6. The van der Waals surface area contributed by atoms with Crippen LogP contribution in [0.2, 0.25) is 0 Å². The molecule has 0 aliphatic carbocycles. The summed E-state index contributed by atoms with van der Waals surface area (Å²) in [6, 6.07) is 13.0. The van der Waals surface area contributed by atoms with Gasteiger partial charge in [-0.25, -0.2) is 4.90 Å². The van der Waals surface area contributed by atoms with E-state index in [2.05, 4.69) is 10.3 Å². The number of hydrogen-bond donors (Lipinski definition) is 0. The maximum absolute atomic E-state index is 13.0. The molecule has 2 heterocycles. The van der Waals surface area contributed by atoms with Crippen LogP contribution in [0.3, 0.4) is 0 Å². The first kappa shape index (κ1) is 18.0. The zero-order chi connectivity index (χ0) is 19.7. The molecule has 0 spiro atoms. The molecule has 0 bridgehead atoms. The molecule has 2 aromatic rings. The Bertz CT molecular complexity index is 911. The molecular formula is C20H20N4O4. The summed E-state index contributed by atoms with van der Waals surface area (Å²) in [5, 5.41) is 9.73. The molecule has 8 nitrogen and oxygen atoms in total. The second-order valence-corrected chi connectivity index (χ2v) is 6.57. The lowest BCUT2D eigenvalue weighted by molar-refractivity contribution is -0.123. The van der Waals surface area contributed by atoms with Gasteiger partial charge in [-0.1, -0.05) is 17.4 Å². The van der Waals surface area contributed by atoms with E-state index < -0.39 is 12.1 Å². The maximum Gasteiger partial charge on any atom is 0.263 e. The van der Waals surface area contributed by atoms with Crippen LogP contribution in [0.4, 0.5) is 5.69 Å². The van der Waals surface area contributed by atoms with Crippen LogP contribution in [-0.4, -0.2) is 49.7 Å². The number of hydrogen-bond acceptors (Lipinski definition) is 7. The Morgan fingerprint density at radius 1 is 0.893 bits per heavy atom. The van der Waals surface area contributed by atoms with Crippen LogP contribution in [0.25, 0.3) is 0 Å². The molecule has 0 unspecified atom stereocenters. The van der Waals surface area contributed by atoms with Gasteiger partial charge < -0.3 is 9.47 Å². The fourth-order valence-electron chi connectivity index (χ4n) is 3.43. The highest BCUT2D eigenvalue weighted by molar-refractivity contribution is 6.25. The van der Waals surface area contributed by atoms with Gasteiger partial charge in [0.1, 0.15) is 11.5 Å². The van der Waals surface area contributed by atoms with Gasteiger partial charge in [0.15, 0.2) is 12.1 Å². The number of nitrogens with zero attached hydrogens (tertiary/aromatic N) is 4. The number of ether oxygens (including phenoxy) is 2. The van der Waals surface area contributed by atoms with E-state index in [1.807, 2.05) is 24.3 Å². The number of amides is 2. The molecule has 8 heteroatoms. The molecule has 1 fully saturated rings. The quantitative estimate of drug-likeness (QED) is 0.718. The van der Waals surface area contributed by atoms with Crippen molar-refractivity contribution in [2.45, 2.75) is 18.5 Å². The van der Waals surface area contributed by atoms with Crippen LogP contribution < -0.4 is 14.4 Å². The lowest BCUT2D eigenvalue weighted by atomic mass is 10.1. The van der Waals surface area contributed by atoms with Crippen LogP contribution in [0.15, 0.2) is 58.9 Å². The molecule has 28 heavy (non-hydrogen) atoms. The lowest BCUT2D eigenvalue weighted by Crippen LogP contribution is -2.40. The molecular weight excluding hydrogens is 360 g/mol. The smallest absolute Gasteiger partial charge is 0.263 e. The normalized spacial score (nSPS) is 20.6. The second-order valence-electron chi connectivity index (χ2n) is 6.57. The number of methoxy groups -OCH3 is 2. The topological polar surface area (TPSA) is 83.8 Å². The fraction of sp³-hybridized carbons (Fsp3) is 0.300. The number of carbonyl (C=O) groups is 2. The van der Waals surface area contributed by atoms with Crippen molar-refractivity contribution in [3.63, 3.8) is 0 Å². The second kappa shape index (κ2) is 7.30. The Morgan fingerprint density at radius 3 is 2.11 bits per heavy atom. The summed E-state index contributed by atoms with van der Waals surface area (Å²) >= 11 is 0. The van der Waals surface area contributed by atoms with Crippen molar-refractivity contribution in [3.8, 4) is 11.5 Å². The van der Waals surface area contributed by atoms with Crippen molar-refractivity contribution in [1.82, 2.24) is 5.01 Å². The van der Waals surface area contributed by atoms with Gasteiger partial charge in [0.05, 0.1) is 19.9 Å². The van der Waals surface area contributed by atoms with Gasteiger partial charge >= 0.3 is 0 Å². The zero-order valence-electron chi connectivity index (χ0n) is 15.6.